The van der Waals surface area contributed by atoms with Crippen LogP contribution in [-0.2, 0) is 0 Å². The highest BCUT2D eigenvalue weighted by atomic mass is 32.1. The molecule has 0 amide bonds. The number of hydrogen-bond donors (Lipinski definition) is 3. The van der Waals surface area contributed by atoms with E-state index in [0.29, 0.717) is 9.88 Å². The van der Waals surface area contributed by atoms with E-state index in [1.165, 1.54) is 16.0 Å². The summed E-state index contributed by atoms with van der Waals surface area (Å²) in [6, 6.07) is 0. The van der Waals surface area contributed by atoms with Gasteiger partial charge in [-0.15, -0.1) is 16.4 Å². The Hall–Kier alpha value is -1.29. The van der Waals surface area contributed by atoms with E-state index >= 15 is 0 Å². The molecule has 2 aromatic heterocycles. The Labute approximate surface area is 123 Å². The van der Waals surface area contributed by atoms with E-state index < -0.39 is 0 Å². The van der Waals surface area contributed by atoms with Gasteiger partial charge >= 0.3 is 0 Å². The summed E-state index contributed by atoms with van der Waals surface area (Å²) in [5.74, 6) is 0.728. The van der Waals surface area contributed by atoms with Crippen molar-refractivity contribution in [2.24, 2.45) is 0 Å². The van der Waals surface area contributed by atoms with E-state index in [9.17, 15) is 0 Å². The minimum absolute atomic E-state index is 0.0230. The highest BCUT2D eigenvalue weighted by molar-refractivity contribution is 7.80. The zero-order chi connectivity index (χ0) is 13.3. The second kappa shape index (κ2) is 3.63. The Morgan fingerprint density at radius 3 is 2.89 bits per heavy atom. The molecule has 0 aromatic carbocycles. The van der Waals surface area contributed by atoms with Crippen molar-refractivity contribution < 1.29 is 0 Å². The van der Waals surface area contributed by atoms with Crippen molar-refractivity contribution >= 4 is 46.8 Å². The number of hydrazine groups is 1. The third kappa shape index (κ3) is 1.30. The van der Waals surface area contributed by atoms with Crippen LogP contribution in [0.25, 0.3) is 5.00 Å². The lowest BCUT2D eigenvalue weighted by atomic mass is 10.1. The summed E-state index contributed by atoms with van der Waals surface area (Å²) in [5, 5.41) is 8.87. The first-order chi connectivity index (χ1) is 9.09. The summed E-state index contributed by atoms with van der Waals surface area (Å²) >= 11 is 12.4. The van der Waals surface area contributed by atoms with E-state index in [1.54, 1.807) is 11.3 Å². The Morgan fingerprint density at radius 2 is 2.11 bits per heavy atom. The van der Waals surface area contributed by atoms with Crippen molar-refractivity contribution in [3.05, 3.63) is 20.8 Å². The molecule has 0 aliphatic carbocycles. The highest BCUT2D eigenvalue weighted by Crippen LogP contribution is 2.44. The molecule has 3 N–H and O–H groups in total. The first kappa shape index (κ1) is 11.5. The lowest BCUT2D eigenvalue weighted by molar-refractivity contribution is 0.566. The van der Waals surface area contributed by atoms with E-state index in [4.69, 9.17) is 24.4 Å². The van der Waals surface area contributed by atoms with Crippen LogP contribution in [0.1, 0.15) is 22.2 Å². The third-order valence-electron chi connectivity index (χ3n) is 3.55. The number of anilines is 1. The van der Waals surface area contributed by atoms with E-state index in [-0.39, 0.29) is 6.17 Å². The molecule has 98 valence electrons. The number of aromatic nitrogens is 3. The Bertz CT molecular complexity index is 769. The first-order valence-electron chi connectivity index (χ1n) is 5.72. The zero-order valence-electron chi connectivity index (χ0n) is 10.1. The van der Waals surface area contributed by atoms with Gasteiger partial charge in [-0.05, 0) is 43.8 Å². The van der Waals surface area contributed by atoms with Crippen LogP contribution < -0.4 is 15.8 Å². The number of hydrogen-bond acceptors (Lipinski definition) is 5. The number of thiocarbonyl (C=S) groups is 1. The normalized spacial score (nSPS) is 20.0. The molecule has 1 fully saturated rings. The van der Waals surface area contributed by atoms with Gasteiger partial charge in [-0.1, -0.05) is 0 Å². The van der Waals surface area contributed by atoms with Crippen molar-refractivity contribution in [3.8, 4) is 5.00 Å². The number of fused-ring (bicyclic) bond motifs is 6. The molecule has 1 atom stereocenters. The molecule has 19 heavy (non-hydrogen) atoms. The number of rotatable bonds is 0. The van der Waals surface area contributed by atoms with Crippen molar-refractivity contribution in [1.82, 2.24) is 25.6 Å². The lowest BCUT2D eigenvalue weighted by Crippen LogP contribution is -2.35. The topological polar surface area (TPSA) is 60.9 Å². The van der Waals surface area contributed by atoms with Gasteiger partial charge < -0.3 is 0 Å². The number of thiophene rings is 1. The lowest BCUT2D eigenvalue weighted by Gasteiger charge is -2.28. The molecule has 6 nitrogen and oxygen atoms in total. The molecule has 0 spiro atoms. The molecule has 2 aliphatic rings. The van der Waals surface area contributed by atoms with Gasteiger partial charge in [0.25, 0.3) is 0 Å². The summed E-state index contributed by atoms with van der Waals surface area (Å²) < 4.78 is 2.54. The van der Waals surface area contributed by atoms with Crippen LogP contribution >= 0.6 is 35.8 Å². The van der Waals surface area contributed by atoms with Crippen molar-refractivity contribution in [3.63, 3.8) is 0 Å². The maximum absolute atomic E-state index is 5.34. The number of nitrogens with zero attached hydrogens (tertiary/aromatic N) is 3. The summed E-state index contributed by atoms with van der Waals surface area (Å²) in [4.78, 5) is 3.23. The van der Waals surface area contributed by atoms with Crippen LogP contribution in [0.4, 0.5) is 5.95 Å². The van der Waals surface area contributed by atoms with Gasteiger partial charge in [0.1, 0.15) is 11.2 Å². The molecule has 4 rings (SSSR count). The molecule has 1 unspecified atom stereocenters. The standard InChI is InChI=1S/C10H10N6S3/c1-3-4(2)19-7-5(3)6-11-13-9(17)15(6)8-12-14-10(18)16(7)8/h6,11H,1-2H3,(H,13,17)(H,14,18). The molecular weight excluding hydrogens is 300 g/mol. The number of aryl methyl sites for hydroxylation is 1. The van der Waals surface area contributed by atoms with Crippen molar-refractivity contribution in [2.75, 3.05) is 4.90 Å². The van der Waals surface area contributed by atoms with Gasteiger partial charge in [0.2, 0.25) is 10.7 Å². The second-order valence-electron chi connectivity index (χ2n) is 4.51. The molecule has 4 heterocycles. The summed E-state index contributed by atoms with van der Waals surface area (Å²) in [6.07, 6.45) is -0.0230. The van der Waals surface area contributed by atoms with E-state index in [0.717, 1.165) is 10.9 Å². The van der Waals surface area contributed by atoms with Crippen LogP contribution in [0.15, 0.2) is 0 Å². The second-order valence-corrected chi connectivity index (χ2v) is 6.49. The summed E-state index contributed by atoms with van der Waals surface area (Å²) in [6.45, 7) is 4.24. The molecule has 1 saturated heterocycles. The predicted molar refractivity (Wildman–Crippen MR) is 80.2 cm³/mol. The summed E-state index contributed by atoms with van der Waals surface area (Å²) in [7, 11) is 0. The van der Waals surface area contributed by atoms with Gasteiger partial charge in [0.15, 0.2) is 5.11 Å². The zero-order valence-corrected chi connectivity index (χ0v) is 12.6. The SMILES string of the molecule is Cc1sc2c(c1C)C1NNC(=S)N1c1n[nH]c(=S)n1-2. The Balaban J connectivity index is 2.12. The van der Waals surface area contributed by atoms with Gasteiger partial charge in [-0.25, -0.2) is 15.1 Å². The quantitative estimate of drug-likeness (QED) is 0.645. The molecule has 2 aromatic rings. The fourth-order valence-corrected chi connectivity index (χ4v) is 4.24. The van der Waals surface area contributed by atoms with Gasteiger partial charge in [0.05, 0.1) is 0 Å². The van der Waals surface area contributed by atoms with E-state index in [2.05, 4.69) is 34.9 Å². The van der Waals surface area contributed by atoms with Crippen LogP contribution in [0, 0.1) is 18.6 Å². The van der Waals surface area contributed by atoms with Crippen molar-refractivity contribution in [1.29, 1.82) is 0 Å². The van der Waals surface area contributed by atoms with Gasteiger partial charge in [0, 0.05) is 10.4 Å². The Morgan fingerprint density at radius 1 is 1.32 bits per heavy atom. The van der Waals surface area contributed by atoms with E-state index in [1.807, 2.05) is 9.47 Å². The predicted octanol–water partition coefficient (Wildman–Crippen LogP) is 1.82. The fraction of sp³-hybridized carbons (Fsp3) is 0.300. The van der Waals surface area contributed by atoms with Crippen molar-refractivity contribution in [2.45, 2.75) is 20.0 Å². The third-order valence-corrected chi connectivity index (χ3v) is 5.33. The molecule has 0 radical (unpaired) electrons. The van der Waals surface area contributed by atoms with Crippen LogP contribution in [0.5, 0.6) is 0 Å². The number of aromatic amines is 1. The minimum Gasteiger partial charge on any atom is -0.295 e. The number of nitrogens with one attached hydrogen (secondary N) is 3. The average Bonchev–Trinajstić information content (AvgIpc) is 3.00. The van der Waals surface area contributed by atoms with Gasteiger partial charge in [-0.3, -0.25) is 10.3 Å². The molecule has 0 saturated carbocycles. The highest BCUT2D eigenvalue weighted by Gasteiger charge is 2.41. The molecule has 0 bridgehead atoms. The van der Waals surface area contributed by atoms with Crippen LogP contribution in [-0.4, -0.2) is 19.9 Å². The van der Waals surface area contributed by atoms with Gasteiger partial charge in [-0.2, -0.15) is 0 Å². The summed E-state index contributed by atoms with van der Waals surface area (Å²) in [5.41, 5.74) is 8.68. The number of H-pyrrole nitrogens is 1. The smallest absolute Gasteiger partial charge is 0.239 e. The Kier molecular flexibility index (Phi) is 2.20. The molecule has 2 aliphatic heterocycles. The average molecular weight is 310 g/mol. The largest absolute Gasteiger partial charge is 0.295 e. The van der Waals surface area contributed by atoms with Crippen LogP contribution in [0.2, 0.25) is 0 Å². The fourth-order valence-electron chi connectivity index (χ4n) is 2.53. The monoisotopic (exact) mass is 310 g/mol. The first-order valence-corrected chi connectivity index (χ1v) is 7.35. The molecule has 9 heteroatoms. The van der Waals surface area contributed by atoms with Crippen LogP contribution in [0.3, 0.4) is 0 Å². The maximum atomic E-state index is 5.34. The minimum atomic E-state index is -0.0230. The molecular formula is C10H10N6S3. The maximum Gasteiger partial charge on any atom is 0.239 e.